The summed E-state index contributed by atoms with van der Waals surface area (Å²) in [5, 5.41) is 6.36. The molecule has 1 heterocycles. The zero-order chi connectivity index (χ0) is 13.2. The van der Waals surface area contributed by atoms with Gasteiger partial charge >= 0.3 is 0 Å². The predicted octanol–water partition coefficient (Wildman–Crippen LogP) is 3.29. The summed E-state index contributed by atoms with van der Waals surface area (Å²) in [5.41, 5.74) is 1.34. The highest BCUT2D eigenvalue weighted by atomic mass is 16.1. The molecular weight excluding hydrogens is 236 g/mol. The number of fused-ring (bicyclic) bond motifs is 1. The minimum atomic E-state index is 0.0189. The van der Waals surface area contributed by atoms with E-state index >= 15 is 0 Å². The summed E-state index contributed by atoms with van der Waals surface area (Å²) >= 11 is 0. The molecule has 0 saturated carbocycles. The van der Waals surface area contributed by atoms with Crippen molar-refractivity contribution in [2.75, 3.05) is 0 Å². The van der Waals surface area contributed by atoms with E-state index in [1.165, 1.54) is 0 Å². The maximum atomic E-state index is 12.4. The highest BCUT2D eigenvalue weighted by Gasteiger charge is 2.11. The molecule has 0 N–H and O–H groups in total. The molecule has 0 atom stereocenters. The molecule has 3 nitrogen and oxygen atoms in total. The van der Waals surface area contributed by atoms with Gasteiger partial charge in [-0.05, 0) is 23.8 Å². The quantitative estimate of drug-likeness (QED) is 0.668. The van der Waals surface area contributed by atoms with Gasteiger partial charge < -0.3 is 0 Å². The van der Waals surface area contributed by atoms with Gasteiger partial charge in [0, 0.05) is 18.3 Å². The third-order valence-electron chi connectivity index (χ3n) is 3.23. The van der Waals surface area contributed by atoms with Gasteiger partial charge in [-0.1, -0.05) is 36.4 Å². The standard InChI is InChI=1S/C16H14N2O/c1-2-18-11-15(10-17-18)16(19)14-8-7-12-5-3-4-6-13(12)9-14/h3-11H,2H2,1H3. The van der Waals surface area contributed by atoms with Crippen molar-refractivity contribution in [2.24, 2.45) is 0 Å². The Morgan fingerprint density at radius 1 is 1.11 bits per heavy atom. The number of carbonyl (C=O) groups excluding carboxylic acids is 1. The van der Waals surface area contributed by atoms with Gasteiger partial charge in [-0.15, -0.1) is 0 Å². The van der Waals surface area contributed by atoms with Gasteiger partial charge in [0.25, 0.3) is 0 Å². The van der Waals surface area contributed by atoms with Gasteiger partial charge in [0.1, 0.15) is 0 Å². The Kier molecular flexibility index (Phi) is 2.88. The number of benzene rings is 2. The largest absolute Gasteiger partial charge is 0.288 e. The van der Waals surface area contributed by atoms with Crippen LogP contribution in [0, 0.1) is 0 Å². The third-order valence-corrected chi connectivity index (χ3v) is 3.23. The van der Waals surface area contributed by atoms with E-state index in [9.17, 15) is 4.79 Å². The fourth-order valence-corrected chi connectivity index (χ4v) is 2.15. The Bertz CT molecular complexity index is 743. The summed E-state index contributed by atoms with van der Waals surface area (Å²) in [5.74, 6) is 0.0189. The lowest BCUT2D eigenvalue weighted by atomic mass is 10.0. The number of aryl methyl sites for hydroxylation is 1. The van der Waals surface area contributed by atoms with E-state index in [4.69, 9.17) is 0 Å². The monoisotopic (exact) mass is 250 g/mol. The van der Waals surface area contributed by atoms with E-state index in [2.05, 4.69) is 5.10 Å². The first-order chi connectivity index (χ1) is 9.28. The van der Waals surface area contributed by atoms with E-state index in [1.807, 2.05) is 49.4 Å². The second-order valence-corrected chi connectivity index (χ2v) is 4.48. The van der Waals surface area contributed by atoms with E-state index < -0.39 is 0 Å². The molecule has 3 rings (SSSR count). The predicted molar refractivity (Wildman–Crippen MR) is 75.3 cm³/mol. The zero-order valence-electron chi connectivity index (χ0n) is 10.7. The van der Waals surface area contributed by atoms with Crippen LogP contribution in [0.3, 0.4) is 0 Å². The molecule has 0 aliphatic carbocycles. The molecule has 2 aromatic carbocycles. The molecule has 0 spiro atoms. The maximum absolute atomic E-state index is 12.4. The van der Waals surface area contributed by atoms with Crippen molar-refractivity contribution >= 4 is 16.6 Å². The first-order valence-electron chi connectivity index (χ1n) is 6.34. The molecule has 94 valence electrons. The summed E-state index contributed by atoms with van der Waals surface area (Å²) in [6.45, 7) is 2.77. The molecular formula is C16H14N2O. The average Bonchev–Trinajstić information content (AvgIpc) is 2.95. The summed E-state index contributed by atoms with van der Waals surface area (Å²) in [6.07, 6.45) is 3.42. The molecule has 0 aliphatic heterocycles. The van der Waals surface area contributed by atoms with Crippen LogP contribution in [0.1, 0.15) is 22.8 Å². The molecule has 0 fully saturated rings. The fraction of sp³-hybridized carbons (Fsp3) is 0.125. The molecule has 0 saturated heterocycles. The van der Waals surface area contributed by atoms with Crippen molar-refractivity contribution in [3.05, 3.63) is 66.0 Å². The van der Waals surface area contributed by atoms with Crippen LogP contribution in [-0.4, -0.2) is 15.6 Å². The first-order valence-corrected chi connectivity index (χ1v) is 6.34. The smallest absolute Gasteiger partial charge is 0.196 e. The van der Waals surface area contributed by atoms with Crippen LogP contribution in [0.25, 0.3) is 10.8 Å². The Morgan fingerprint density at radius 3 is 2.63 bits per heavy atom. The third kappa shape index (κ3) is 2.15. The van der Waals surface area contributed by atoms with Crippen LogP contribution in [0.5, 0.6) is 0 Å². The van der Waals surface area contributed by atoms with Crippen LogP contribution < -0.4 is 0 Å². The van der Waals surface area contributed by atoms with Crippen LogP contribution >= 0.6 is 0 Å². The number of hydrogen-bond acceptors (Lipinski definition) is 2. The number of ketones is 1. The molecule has 0 radical (unpaired) electrons. The molecule has 0 bridgehead atoms. The maximum Gasteiger partial charge on any atom is 0.196 e. The summed E-state index contributed by atoms with van der Waals surface area (Å²) < 4.78 is 1.76. The van der Waals surface area contributed by atoms with E-state index in [0.717, 1.165) is 17.3 Å². The summed E-state index contributed by atoms with van der Waals surface area (Å²) in [4.78, 5) is 12.4. The Balaban J connectivity index is 2.01. The molecule has 3 aromatic rings. The first kappa shape index (κ1) is 11.7. The molecule has 19 heavy (non-hydrogen) atoms. The van der Waals surface area contributed by atoms with E-state index in [1.54, 1.807) is 17.1 Å². The van der Waals surface area contributed by atoms with Gasteiger partial charge in [-0.2, -0.15) is 5.10 Å². The van der Waals surface area contributed by atoms with Crippen molar-refractivity contribution in [1.29, 1.82) is 0 Å². The summed E-state index contributed by atoms with van der Waals surface area (Å²) in [7, 11) is 0. The van der Waals surface area contributed by atoms with Crippen LogP contribution in [-0.2, 0) is 6.54 Å². The Morgan fingerprint density at radius 2 is 1.89 bits per heavy atom. The van der Waals surface area contributed by atoms with Gasteiger partial charge in [0.15, 0.2) is 5.78 Å². The lowest BCUT2D eigenvalue weighted by Crippen LogP contribution is -2.00. The van der Waals surface area contributed by atoms with Crippen molar-refractivity contribution in [1.82, 2.24) is 9.78 Å². The molecule has 3 heteroatoms. The Labute approximate surface area is 111 Å². The van der Waals surface area contributed by atoms with Crippen molar-refractivity contribution in [3.8, 4) is 0 Å². The minimum Gasteiger partial charge on any atom is -0.288 e. The zero-order valence-corrected chi connectivity index (χ0v) is 10.7. The van der Waals surface area contributed by atoms with Crippen molar-refractivity contribution in [3.63, 3.8) is 0 Å². The van der Waals surface area contributed by atoms with E-state index in [-0.39, 0.29) is 5.78 Å². The van der Waals surface area contributed by atoms with Gasteiger partial charge in [0.05, 0.1) is 11.8 Å². The van der Waals surface area contributed by atoms with Crippen LogP contribution in [0.15, 0.2) is 54.9 Å². The SMILES string of the molecule is CCn1cc(C(=O)c2ccc3ccccc3c2)cn1. The summed E-state index contributed by atoms with van der Waals surface area (Å²) in [6, 6.07) is 13.8. The number of carbonyl (C=O) groups is 1. The average molecular weight is 250 g/mol. The second-order valence-electron chi connectivity index (χ2n) is 4.48. The van der Waals surface area contributed by atoms with Gasteiger partial charge in [0.2, 0.25) is 0 Å². The van der Waals surface area contributed by atoms with Crippen molar-refractivity contribution in [2.45, 2.75) is 13.5 Å². The lowest BCUT2D eigenvalue weighted by Gasteiger charge is -2.01. The lowest BCUT2D eigenvalue weighted by molar-refractivity contribution is 0.103. The van der Waals surface area contributed by atoms with Gasteiger partial charge in [-0.25, -0.2) is 0 Å². The molecule has 0 aliphatic rings. The van der Waals surface area contributed by atoms with Gasteiger partial charge in [-0.3, -0.25) is 9.48 Å². The minimum absolute atomic E-state index is 0.0189. The topological polar surface area (TPSA) is 34.9 Å². The van der Waals surface area contributed by atoms with Crippen LogP contribution in [0.2, 0.25) is 0 Å². The molecule has 0 amide bonds. The molecule has 0 unspecified atom stereocenters. The number of hydrogen-bond donors (Lipinski definition) is 0. The molecule has 1 aromatic heterocycles. The number of rotatable bonds is 3. The second kappa shape index (κ2) is 4.69. The Hall–Kier alpha value is -2.42. The number of nitrogens with zero attached hydrogens (tertiary/aromatic N) is 2. The fourth-order valence-electron chi connectivity index (χ4n) is 2.15. The highest BCUT2D eigenvalue weighted by Crippen LogP contribution is 2.18. The number of aromatic nitrogens is 2. The van der Waals surface area contributed by atoms with E-state index in [0.29, 0.717) is 11.1 Å². The van der Waals surface area contributed by atoms with Crippen molar-refractivity contribution < 1.29 is 4.79 Å². The highest BCUT2D eigenvalue weighted by molar-refractivity contribution is 6.10. The van der Waals surface area contributed by atoms with Crippen LogP contribution in [0.4, 0.5) is 0 Å². The normalized spacial score (nSPS) is 10.8.